The van der Waals surface area contributed by atoms with E-state index in [9.17, 15) is 4.79 Å². The van der Waals surface area contributed by atoms with Crippen LogP contribution in [0, 0.1) is 0 Å². The molecule has 0 atom stereocenters. The fraction of sp³-hybridized carbons (Fsp3) is 0.259. The van der Waals surface area contributed by atoms with E-state index in [2.05, 4.69) is 16.0 Å². The number of halogens is 1. The summed E-state index contributed by atoms with van der Waals surface area (Å²) < 4.78 is 13.2. The lowest BCUT2D eigenvalue weighted by atomic mass is 10.1. The van der Waals surface area contributed by atoms with Gasteiger partial charge in [-0.15, -0.1) is 0 Å². The molecular weight excluding hydrogens is 450 g/mol. The van der Waals surface area contributed by atoms with E-state index in [1.165, 1.54) is 0 Å². The first-order chi connectivity index (χ1) is 16.6. The Balaban J connectivity index is 1.33. The Morgan fingerprint density at radius 3 is 2.59 bits per heavy atom. The van der Waals surface area contributed by atoms with Gasteiger partial charge in [0.1, 0.15) is 17.3 Å². The minimum absolute atomic E-state index is 0.0130. The van der Waals surface area contributed by atoms with Crippen LogP contribution < -0.4 is 14.8 Å². The van der Waals surface area contributed by atoms with Crippen LogP contribution in [0.2, 0.25) is 5.02 Å². The predicted octanol–water partition coefficient (Wildman–Crippen LogP) is 5.07. The number of rotatable bonds is 11. The summed E-state index contributed by atoms with van der Waals surface area (Å²) in [7, 11) is 1.63. The number of hydrogen-bond donors (Lipinski definition) is 1. The molecule has 0 saturated carbocycles. The second-order valence-electron chi connectivity index (χ2n) is 7.93. The molecule has 4 aromatic rings. The maximum absolute atomic E-state index is 12.4. The molecule has 0 fully saturated rings. The molecule has 0 spiro atoms. The first-order valence-corrected chi connectivity index (χ1v) is 11.7. The van der Waals surface area contributed by atoms with E-state index in [0.717, 1.165) is 41.1 Å². The number of imidazole rings is 1. The normalized spacial score (nSPS) is 10.9. The van der Waals surface area contributed by atoms with Crippen molar-refractivity contribution in [1.82, 2.24) is 14.9 Å². The number of amides is 1. The summed E-state index contributed by atoms with van der Waals surface area (Å²) in [4.78, 5) is 17.2. The third-order valence-electron chi connectivity index (χ3n) is 5.55. The Labute approximate surface area is 204 Å². The maximum Gasteiger partial charge on any atom is 0.224 e. The summed E-state index contributed by atoms with van der Waals surface area (Å²) >= 11 is 6.17. The highest BCUT2D eigenvalue weighted by Gasteiger charge is 2.11. The highest BCUT2D eigenvalue weighted by molar-refractivity contribution is 6.32. The van der Waals surface area contributed by atoms with Crippen LogP contribution in [-0.2, 0) is 24.2 Å². The number of carbonyl (C=O) groups is 1. The Kier molecular flexibility index (Phi) is 8.04. The molecule has 4 rings (SSSR count). The standard InChI is InChI=1S/C27H28ClN3O3/c1-33-21-13-11-20(12-14-21)19-27(32)29-16-15-26-30-23-8-3-4-9-24(23)31(26)17-6-18-34-25-10-5-2-7-22(25)28/h2-5,7-14H,6,15-19H2,1H3,(H,29,32). The molecule has 1 aromatic heterocycles. The first kappa shape index (κ1) is 23.6. The zero-order valence-corrected chi connectivity index (χ0v) is 19.9. The number of aromatic nitrogens is 2. The maximum atomic E-state index is 12.4. The van der Waals surface area contributed by atoms with Crippen molar-refractivity contribution in [3.05, 3.63) is 89.2 Å². The molecule has 6 nitrogen and oxygen atoms in total. The van der Waals surface area contributed by atoms with Crippen LogP contribution in [0.4, 0.5) is 0 Å². The molecule has 0 unspecified atom stereocenters. The van der Waals surface area contributed by atoms with Crippen LogP contribution in [0.5, 0.6) is 11.5 Å². The second-order valence-corrected chi connectivity index (χ2v) is 8.33. The Hall–Kier alpha value is -3.51. The smallest absolute Gasteiger partial charge is 0.224 e. The van der Waals surface area contributed by atoms with Crippen molar-refractivity contribution in [3.8, 4) is 11.5 Å². The highest BCUT2D eigenvalue weighted by Crippen LogP contribution is 2.23. The number of nitrogens with one attached hydrogen (secondary N) is 1. The lowest BCUT2D eigenvalue weighted by Crippen LogP contribution is -2.28. The molecule has 34 heavy (non-hydrogen) atoms. The molecule has 0 aliphatic heterocycles. The molecule has 7 heteroatoms. The average molecular weight is 478 g/mol. The lowest BCUT2D eigenvalue weighted by molar-refractivity contribution is -0.120. The van der Waals surface area contributed by atoms with Gasteiger partial charge in [0.05, 0.1) is 36.2 Å². The molecule has 0 radical (unpaired) electrons. The molecule has 1 amide bonds. The fourth-order valence-electron chi connectivity index (χ4n) is 3.84. The van der Waals surface area contributed by atoms with Crippen LogP contribution >= 0.6 is 11.6 Å². The molecule has 0 aliphatic carbocycles. The van der Waals surface area contributed by atoms with Gasteiger partial charge in [0.15, 0.2) is 0 Å². The molecule has 1 N–H and O–H groups in total. The van der Waals surface area contributed by atoms with Gasteiger partial charge in [-0.3, -0.25) is 4.79 Å². The Bertz CT molecular complexity index is 1240. The van der Waals surface area contributed by atoms with Crippen LogP contribution in [0.15, 0.2) is 72.8 Å². The topological polar surface area (TPSA) is 65.4 Å². The van der Waals surface area contributed by atoms with E-state index in [0.29, 0.717) is 36.8 Å². The third kappa shape index (κ3) is 6.08. The first-order valence-electron chi connectivity index (χ1n) is 11.3. The molecule has 0 saturated heterocycles. The van der Waals surface area contributed by atoms with Crippen molar-refractivity contribution >= 4 is 28.5 Å². The van der Waals surface area contributed by atoms with Crippen LogP contribution in [0.25, 0.3) is 11.0 Å². The van der Waals surface area contributed by atoms with Crippen molar-refractivity contribution in [2.75, 3.05) is 20.3 Å². The van der Waals surface area contributed by atoms with Gasteiger partial charge >= 0.3 is 0 Å². The average Bonchev–Trinajstić information content (AvgIpc) is 3.20. The van der Waals surface area contributed by atoms with Gasteiger partial charge in [-0.2, -0.15) is 0 Å². The minimum Gasteiger partial charge on any atom is -0.497 e. The summed E-state index contributed by atoms with van der Waals surface area (Å²) in [6, 6.07) is 23.1. The van der Waals surface area contributed by atoms with Crippen LogP contribution in [0.3, 0.4) is 0 Å². The number of para-hydroxylation sites is 3. The van der Waals surface area contributed by atoms with E-state index < -0.39 is 0 Å². The van der Waals surface area contributed by atoms with Crippen LogP contribution in [-0.4, -0.2) is 35.7 Å². The number of carbonyl (C=O) groups excluding carboxylic acids is 1. The predicted molar refractivity (Wildman–Crippen MR) is 135 cm³/mol. The summed E-state index contributed by atoms with van der Waals surface area (Å²) in [5.41, 5.74) is 2.98. The largest absolute Gasteiger partial charge is 0.497 e. The van der Waals surface area contributed by atoms with E-state index in [-0.39, 0.29) is 5.91 Å². The van der Waals surface area contributed by atoms with Gasteiger partial charge in [-0.05, 0) is 48.4 Å². The number of ether oxygens (including phenoxy) is 2. The molecule has 0 aliphatic rings. The molecule has 176 valence electrons. The zero-order chi connectivity index (χ0) is 23.8. The zero-order valence-electron chi connectivity index (χ0n) is 19.2. The highest BCUT2D eigenvalue weighted by atomic mass is 35.5. The molecular formula is C27H28ClN3O3. The number of hydrogen-bond acceptors (Lipinski definition) is 4. The Morgan fingerprint density at radius 1 is 1.03 bits per heavy atom. The lowest BCUT2D eigenvalue weighted by Gasteiger charge is -2.11. The SMILES string of the molecule is COc1ccc(CC(=O)NCCc2nc3ccccc3n2CCCOc2ccccc2Cl)cc1. The van der Waals surface area contributed by atoms with E-state index in [4.69, 9.17) is 26.1 Å². The van der Waals surface area contributed by atoms with E-state index in [1.807, 2.05) is 66.7 Å². The van der Waals surface area contributed by atoms with Crippen molar-refractivity contribution in [2.45, 2.75) is 25.8 Å². The second kappa shape index (κ2) is 11.6. The summed E-state index contributed by atoms with van der Waals surface area (Å²) in [5, 5.41) is 3.62. The van der Waals surface area contributed by atoms with Gasteiger partial charge in [-0.25, -0.2) is 4.98 Å². The molecule has 1 heterocycles. The van der Waals surface area contributed by atoms with Crippen molar-refractivity contribution in [1.29, 1.82) is 0 Å². The summed E-state index contributed by atoms with van der Waals surface area (Å²) in [5.74, 6) is 2.41. The molecule has 0 bridgehead atoms. The fourth-order valence-corrected chi connectivity index (χ4v) is 4.03. The van der Waals surface area contributed by atoms with Gasteiger partial charge in [-0.1, -0.05) is 48.0 Å². The number of aryl methyl sites for hydroxylation is 1. The monoisotopic (exact) mass is 477 g/mol. The van der Waals surface area contributed by atoms with Gasteiger partial charge < -0.3 is 19.4 Å². The number of benzene rings is 3. The Morgan fingerprint density at radius 2 is 1.79 bits per heavy atom. The van der Waals surface area contributed by atoms with E-state index in [1.54, 1.807) is 7.11 Å². The van der Waals surface area contributed by atoms with Gasteiger partial charge in [0.25, 0.3) is 0 Å². The van der Waals surface area contributed by atoms with Gasteiger partial charge in [0, 0.05) is 19.5 Å². The number of nitrogens with zero attached hydrogens (tertiary/aromatic N) is 2. The van der Waals surface area contributed by atoms with Crippen LogP contribution in [0.1, 0.15) is 17.8 Å². The van der Waals surface area contributed by atoms with Crippen molar-refractivity contribution in [3.63, 3.8) is 0 Å². The summed E-state index contributed by atoms with van der Waals surface area (Å²) in [6.07, 6.45) is 1.79. The van der Waals surface area contributed by atoms with E-state index >= 15 is 0 Å². The minimum atomic E-state index is -0.0130. The van der Waals surface area contributed by atoms with Crippen molar-refractivity contribution in [2.24, 2.45) is 0 Å². The number of methoxy groups -OCH3 is 1. The summed E-state index contributed by atoms with van der Waals surface area (Å²) in [6.45, 7) is 1.84. The molecule has 3 aromatic carbocycles. The van der Waals surface area contributed by atoms with Gasteiger partial charge in [0.2, 0.25) is 5.91 Å². The third-order valence-corrected chi connectivity index (χ3v) is 5.86. The quantitative estimate of drug-likeness (QED) is 0.306. The number of fused-ring (bicyclic) bond motifs is 1. The van der Waals surface area contributed by atoms with Crippen molar-refractivity contribution < 1.29 is 14.3 Å².